The number of carbonyl (C=O) groups excluding carboxylic acids is 1. The topological polar surface area (TPSA) is 91.3 Å². The zero-order valence-electron chi connectivity index (χ0n) is 15.6. The zero-order chi connectivity index (χ0) is 20.6. The highest BCUT2D eigenvalue weighted by Gasteiger charge is 2.14. The maximum atomic E-state index is 12.0. The van der Waals surface area contributed by atoms with Crippen molar-refractivity contribution in [3.05, 3.63) is 66.2 Å². The molecule has 0 saturated carbocycles. The molecule has 8 heteroatoms. The summed E-state index contributed by atoms with van der Waals surface area (Å²) in [6.45, 7) is 6.81. The number of carbonyl (C=O) groups is 1. The van der Waals surface area contributed by atoms with Crippen LogP contribution in [0.5, 0.6) is 5.75 Å². The molecule has 0 radical (unpaired) electrons. The fourth-order valence-corrected chi connectivity index (χ4v) is 2.80. The maximum absolute atomic E-state index is 12.0. The molecule has 0 aliphatic rings. The Labute approximate surface area is 164 Å². The lowest BCUT2D eigenvalue weighted by molar-refractivity contribution is -0.130. The second-order valence-electron chi connectivity index (χ2n) is 5.86. The molecule has 0 bridgehead atoms. The van der Waals surface area contributed by atoms with Crippen LogP contribution in [0.3, 0.4) is 0 Å². The third-order valence-corrected chi connectivity index (χ3v) is 4.75. The van der Waals surface area contributed by atoms with Crippen LogP contribution in [0.15, 0.2) is 70.6 Å². The first-order chi connectivity index (χ1) is 13.3. The van der Waals surface area contributed by atoms with Gasteiger partial charge in [-0.2, -0.15) is 8.42 Å². The van der Waals surface area contributed by atoms with E-state index in [9.17, 15) is 13.2 Å². The Hall–Kier alpha value is -2.97. The number of ether oxygens (including phenoxy) is 2. The first-order valence-electron chi connectivity index (χ1n) is 8.36. The summed E-state index contributed by atoms with van der Waals surface area (Å²) in [5.74, 6) is -0.122. The standard InChI is InChI=1S/C20H21NO6S/c1-15(2)20(22)27-18-8-6-17(7-9-18)21-14-25-12-13-26-28(23,24)19-10-4-16(3)5-11-19/h4-11,14H,1,12-13H2,2-3H3. The van der Waals surface area contributed by atoms with Crippen LogP contribution in [-0.2, 0) is 23.8 Å². The molecular formula is C20H21NO6S. The molecule has 0 saturated heterocycles. The number of aryl methyl sites for hydroxylation is 1. The quantitative estimate of drug-likeness (QED) is 0.121. The van der Waals surface area contributed by atoms with Gasteiger partial charge < -0.3 is 9.47 Å². The summed E-state index contributed by atoms with van der Waals surface area (Å²) in [5, 5.41) is 0. The normalized spacial score (nSPS) is 11.4. The number of hydrogen-bond acceptors (Lipinski definition) is 7. The summed E-state index contributed by atoms with van der Waals surface area (Å²) in [6, 6.07) is 12.8. The summed E-state index contributed by atoms with van der Waals surface area (Å²) in [5.41, 5.74) is 1.84. The number of hydrogen-bond donors (Lipinski definition) is 0. The molecule has 7 nitrogen and oxygen atoms in total. The molecule has 0 aliphatic carbocycles. The Morgan fingerprint density at radius 2 is 1.71 bits per heavy atom. The van der Waals surface area contributed by atoms with E-state index in [1.807, 2.05) is 6.92 Å². The van der Waals surface area contributed by atoms with Crippen molar-refractivity contribution in [2.75, 3.05) is 13.2 Å². The van der Waals surface area contributed by atoms with Crippen molar-refractivity contribution >= 4 is 28.2 Å². The van der Waals surface area contributed by atoms with Crippen molar-refractivity contribution < 1.29 is 26.9 Å². The molecule has 0 spiro atoms. The van der Waals surface area contributed by atoms with Gasteiger partial charge in [0.25, 0.3) is 10.1 Å². The van der Waals surface area contributed by atoms with Crippen molar-refractivity contribution in [3.8, 4) is 5.75 Å². The minimum atomic E-state index is -3.81. The summed E-state index contributed by atoms with van der Waals surface area (Å²) in [4.78, 5) is 15.6. The fourth-order valence-electron chi connectivity index (χ4n) is 1.91. The molecule has 2 rings (SSSR count). The van der Waals surface area contributed by atoms with Gasteiger partial charge in [-0.1, -0.05) is 24.3 Å². The van der Waals surface area contributed by atoms with Crippen molar-refractivity contribution in [3.63, 3.8) is 0 Å². The van der Waals surface area contributed by atoms with Gasteiger partial charge in [0.05, 0.1) is 10.6 Å². The Bertz CT molecular complexity index is 947. The van der Waals surface area contributed by atoms with E-state index in [1.165, 1.54) is 18.5 Å². The lowest BCUT2D eigenvalue weighted by Gasteiger charge is -2.06. The predicted molar refractivity (Wildman–Crippen MR) is 105 cm³/mol. The van der Waals surface area contributed by atoms with E-state index in [2.05, 4.69) is 11.6 Å². The van der Waals surface area contributed by atoms with Crippen molar-refractivity contribution in [2.45, 2.75) is 18.7 Å². The molecule has 0 heterocycles. The Morgan fingerprint density at radius 3 is 2.32 bits per heavy atom. The number of rotatable bonds is 9. The first-order valence-corrected chi connectivity index (χ1v) is 9.77. The number of esters is 1. The monoisotopic (exact) mass is 403 g/mol. The van der Waals surface area contributed by atoms with E-state index in [0.717, 1.165) is 5.56 Å². The SMILES string of the molecule is C=C(C)C(=O)Oc1ccc(N=COCCOS(=O)(=O)c2ccc(C)cc2)cc1. The Balaban J connectivity index is 1.75. The van der Waals surface area contributed by atoms with E-state index < -0.39 is 16.1 Å². The average molecular weight is 403 g/mol. The summed E-state index contributed by atoms with van der Waals surface area (Å²) < 4.78 is 39.1. The average Bonchev–Trinajstić information content (AvgIpc) is 2.66. The fraction of sp³-hybridized carbons (Fsp3) is 0.200. The summed E-state index contributed by atoms with van der Waals surface area (Å²) >= 11 is 0. The molecule has 0 amide bonds. The maximum Gasteiger partial charge on any atom is 0.338 e. The van der Waals surface area contributed by atoms with Crippen LogP contribution in [-0.4, -0.2) is 34.0 Å². The molecule has 28 heavy (non-hydrogen) atoms. The van der Waals surface area contributed by atoms with E-state index in [1.54, 1.807) is 43.3 Å². The van der Waals surface area contributed by atoms with Crippen LogP contribution >= 0.6 is 0 Å². The van der Waals surface area contributed by atoms with E-state index in [4.69, 9.17) is 13.7 Å². The van der Waals surface area contributed by atoms with Crippen LogP contribution in [0, 0.1) is 6.92 Å². The van der Waals surface area contributed by atoms with Crippen molar-refractivity contribution in [1.29, 1.82) is 0 Å². The van der Waals surface area contributed by atoms with Gasteiger partial charge in [-0.15, -0.1) is 0 Å². The van der Waals surface area contributed by atoms with Crippen LogP contribution < -0.4 is 4.74 Å². The third-order valence-electron chi connectivity index (χ3n) is 3.42. The van der Waals surface area contributed by atoms with Gasteiger partial charge in [-0.05, 0) is 50.2 Å². The minimum Gasteiger partial charge on any atom is -0.481 e. The smallest absolute Gasteiger partial charge is 0.338 e. The van der Waals surface area contributed by atoms with Gasteiger partial charge in [0.1, 0.15) is 19.0 Å². The second kappa shape index (κ2) is 9.82. The van der Waals surface area contributed by atoms with Crippen molar-refractivity contribution in [1.82, 2.24) is 0 Å². The minimum absolute atomic E-state index is 0.0168. The predicted octanol–water partition coefficient (Wildman–Crippen LogP) is 3.56. The van der Waals surface area contributed by atoms with Crippen molar-refractivity contribution in [2.24, 2.45) is 4.99 Å². The second-order valence-corrected chi connectivity index (χ2v) is 7.47. The molecule has 2 aromatic carbocycles. The largest absolute Gasteiger partial charge is 0.481 e. The Kier molecular flexibility index (Phi) is 7.48. The molecule has 2 aromatic rings. The molecule has 0 fully saturated rings. The zero-order valence-corrected chi connectivity index (χ0v) is 16.4. The number of aliphatic imine (C=N–C) groups is 1. The van der Waals surface area contributed by atoms with Crippen LogP contribution in [0.4, 0.5) is 5.69 Å². The highest BCUT2D eigenvalue weighted by Crippen LogP contribution is 2.18. The highest BCUT2D eigenvalue weighted by molar-refractivity contribution is 7.86. The first kappa shape index (κ1) is 21.3. The van der Waals surface area contributed by atoms with Gasteiger partial charge in [0, 0.05) is 5.57 Å². The molecule has 0 aromatic heterocycles. The molecule has 0 atom stereocenters. The van der Waals surface area contributed by atoms with E-state index >= 15 is 0 Å². The lowest BCUT2D eigenvalue weighted by Crippen LogP contribution is -2.11. The molecule has 0 N–H and O–H groups in total. The highest BCUT2D eigenvalue weighted by atomic mass is 32.2. The van der Waals surface area contributed by atoms with Gasteiger partial charge >= 0.3 is 5.97 Å². The van der Waals surface area contributed by atoms with Gasteiger partial charge in [0.2, 0.25) is 0 Å². The summed E-state index contributed by atoms with van der Waals surface area (Å²) in [6.07, 6.45) is 1.19. The molecule has 148 valence electrons. The molecule has 0 aliphatic heterocycles. The molecule has 0 unspecified atom stereocenters. The van der Waals surface area contributed by atoms with Crippen LogP contribution in [0.2, 0.25) is 0 Å². The summed E-state index contributed by atoms with van der Waals surface area (Å²) in [7, 11) is -3.81. The van der Waals surface area contributed by atoms with E-state index in [0.29, 0.717) is 17.0 Å². The van der Waals surface area contributed by atoms with Crippen LogP contribution in [0.25, 0.3) is 0 Å². The van der Waals surface area contributed by atoms with Gasteiger partial charge in [0.15, 0.2) is 6.40 Å². The molecular weight excluding hydrogens is 382 g/mol. The third kappa shape index (κ3) is 6.64. The Morgan fingerprint density at radius 1 is 1.07 bits per heavy atom. The van der Waals surface area contributed by atoms with Gasteiger partial charge in [-0.25, -0.2) is 9.79 Å². The van der Waals surface area contributed by atoms with Gasteiger partial charge in [-0.3, -0.25) is 4.18 Å². The lowest BCUT2D eigenvalue weighted by atomic mass is 10.2. The van der Waals surface area contributed by atoms with Crippen LogP contribution in [0.1, 0.15) is 12.5 Å². The number of nitrogens with zero attached hydrogens (tertiary/aromatic N) is 1. The van der Waals surface area contributed by atoms with E-state index in [-0.39, 0.29) is 18.1 Å². The number of benzene rings is 2.